The van der Waals surface area contributed by atoms with Crippen molar-refractivity contribution in [3.05, 3.63) is 59.7 Å². The average Bonchev–Trinajstić information content (AvgIpc) is 2.61. The topological polar surface area (TPSA) is 49.3 Å². The second kappa shape index (κ2) is 9.11. The SMILES string of the molecule is CCCCCCCc1ccc(-c2ccc(C(=O)NO)cc2)cc1. The number of nitrogens with one attached hydrogen (secondary N) is 1. The minimum Gasteiger partial charge on any atom is -0.288 e. The van der Waals surface area contributed by atoms with E-state index in [1.165, 1.54) is 37.7 Å². The number of hydroxylamine groups is 1. The Morgan fingerprint density at radius 3 is 2.00 bits per heavy atom. The van der Waals surface area contributed by atoms with Crippen LogP contribution in [-0.4, -0.2) is 11.1 Å². The maximum Gasteiger partial charge on any atom is 0.274 e. The maximum absolute atomic E-state index is 11.3. The van der Waals surface area contributed by atoms with Crippen LogP contribution in [0.5, 0.6) is 0 Å². The molecule has 2 aromatic rings. The van der Waals surface area contributed by atoms with E-state index in [-0.39, 0.29) is 0 Å². The molecule has 3 heteroatoms. The van der Waals surface area contributed by atoms with Gasteiger partial charge in [-0.1, -0.05) is 69.0 Å². The first-order valence-electron chi connectivity index (χ1n) is 8.38. The Balaban J connectivity index is 1.92. The van der Waals surface area contributed by atoms with Gasteiger partial charge in [0.2, 0.25) is 0 Å². The second-order valence-corrected chi connectivity index (χ2v) is 5.88. The Kier molecular flexibility index (Phi) is 6.82. The lowest BCUT2D eigenvalue weighted by atomic mass is 10.00. The number of amides is 1. The van der Waals surface area contributed by atoms with Gasteiger partial charge in [0, 0.05) is 5.56 Å². The lowest BCUT2D eigenvalue weighted by Gasteiger charge is -2.06. The number of unbranched alkanes of at least 4 members (excludes halogenated alkanes) is 4. The number of carbonyl (C=O) groups excluding carboxylic acids is 1. The Hall–Kier alpha value is -2.13. The summed E-state index contributed by atoms with van der Waals surface area (Å²) in [5, 5.41) is 8.62. The fraction of sp³-hybridized carbons (Fsp3) is 0.350. The summed E-state index contributed by atoms with van der Waals surface area (Å²) in [5.41, 5.74) is 5.66. The summed E-state index contributed by atoms with van der Waals surface area (Å²) < 4.78 is 0. The molecule has 0 aliphatic heterocycles. The largest absolute Gasteiger partial charge is 0.288 e. The van der Waals surface area contributed by atoms with Gasteiger partial charge < -0.3 is 0 Å². The van der Waals surface area contributed by atoms with Crippen molar-refractivity contribution in [1.82, 2.24) is 5.48 Å². The van der Waals surface area contributed by atoms with Crippen LogP contribution in [0.15, 0.2) is 48.5 Å². The Bertz CT molecular complexity index is 603. The molecule has 2 N–H and O–H groups in total. The summed E-state index contributed by atoms with van der Waals surface area (Å²) in [7, 11) is 0. The molecule has 0 saturated heterocycles. The van der Waals surface area contributed by atoms with Crippen LogP contribution in [0.2, 0.25) is 0 Å². The Morgan fingerprint density at radius 2 is 1.43 bits per heavy atom. The second-order valence-electron chi connectivity index (χ2n) is 5.88. The van der Waals surface area contributed by atoms with Gasteiger partial charge in [0.15, 0.2) is 0 Å². The monoisotopic (exact) mass is 311 g/mol. The van der Waals surface area contributed by atoms with Gasteiger partial charge >= 0.3 is 0 Å². The molecule has 23 heavy (non-hydrogen) atoms. The zero-order valence-corrected chi connectivity index (χ0v) is 13.7. The molecule has 0 spiro atoms. The molecule has 2 aromatic carbocycles. The molecule has 0 unspecified atom stereocenters. The van der Waals surface area contributed by atoms with Crippen molar-refractivity contribution in [2.45, 2.75) is 45.4 Å². The van der Waals surface area contributed by atoms with Crippen LogP contribution in [0.1, 0.15) is 54.9 Å². The van der Waals surface area contributed by atoms with Crippen molar-refractivity contribution >= 4 is 5.91 Å². The number of rotatable bonds is 8. The van der Waals surface area contributed by atoms with E-state index in [2.05, 4.69) is 31.2 Å². The molecule has 0 fully saturated rings. The fourth-order valence-electron chi connectivity index (χ4n) is 2.68. The highest BCUT2D eigenvalue weighted by atomic mass is 16.5. The van der Waals surface area contributed by atoms with Crippen LogP contribution in [0.3, 0.4) is 0 Å². The van der Waals surface area contributed by atoms with E-state index in [9.17, 15) is 4.79 Å². The summed E-state index contributed by atoms with van der Waals surface area (Å²) in [6, 6.07) is 15.8. The predicted molar refractivity (Wildman–Crippen MR) is 93.6 cm³/mol. The van der Waals surface area contributed by atoms with Crippen LogP contribution in [0, 0.1) is 0 Å². The molecule has 0 atom stereocenters. The molecule has 0 aliphatic rings. The molecule has 0 heterocycles. The molecule has 0 saturated carbocycles. The van der Waals surface area contributed by atoms with Gasteiger partial charge in [-0.3, -0.25) is 10.0 Å². The van der Waals surface area contributed by atoms with Crippen molar-refractivity contribution in [2.24, 2.45) is 0 Å². The first-order valence-corrected chi connectivity index (χ1v) is 8.38. The molecule has 0 radical (unpaired) electrons. The number of benzene rings is 2. The molecular formula is C20H25NO2. The Morgan fingerprint density at radius 1 is 0.870 bits per heavy atom. The predicted octanol–water partition coefficient (Wildman–Crippen LogP) is 4.99. The van der Waals surface area contributed by atoms with Crippen LogP contribution in [0.25, 0.3) is 11.1 Å². The normalized spacial score (nSPS) is 10.5. The highest BCUT2D eigenvalue weighted by Crippen LogP contribution is 2.21. The van der Waals surface area contributed by atoms with Gasteiger partial charge in [0.05, 0.1) is 0 Å². The molecular weight excluding hydrogens is 286 g/mol. The third-order valence-corrected chi connectivity index (χ3v) is 4.10. The van der Waals surface area contributed by atoms with E-state index in [4.69, 9.17) is 5.21 Å². The van der Waals surface area contributed by atoms with Crippen molar-refractivity contribution < 1.29 is 10.0 Å². The standard InChI is InChI=1S/C20H25NO2/c1-2-3-4-5-6-7-16-8-10-17(11-9-16)18-12-14-19(15-13-18)20(22)21-23/h8-15,23H,2-7H2,1H3,(H,21,22). The maximum atomic E-state index is 11.3. The van der Waals surface area contributed by atoms with E-state index in [1.807, 2.05) is 12.1 Å². The van der Waals surface area contributed by atoms with Crippen molar-refractivity contribution in [1.29, 1.82) is 0 Å². The van der Waals surface area contributed by atoms with Gasteiger partial charge in [-0.15, -0.1) is 0 Å². The first-order chi connectivity index (χ1) is 11.2. The third kappa shape index (κ3) is 5.22. The van der Waals surface area contributed by atoms with Crippen LogP contribution >= 0.6 is 0 Å². The summed E-state index contributed by atoms with van der Waals surface area (Å²) in [6.07, 6.45) is 7.66. The number of hydrogen-bond acceptors (Lipinski definition) is 2. The third-order valence-electron chi connectivity index (χ3n) is 4.10. The van der Waals surface area contributed by atoms with Crippen molar-refractivity contribution in [3.63, 3.8) is 0 Å². The van der Waals surface area contributed by atoms with Gasteiger partial charge in [0.1, 0.15) is 0 Å². The number of carbonyl (C=O) groups is 1. The van der Waals surface area contributed by atoms with E-state index in [0.717, 1.165) is 17.5 Å². The lowest BCUT2D eigenvalue weighted by molar-refractivity contribution is 0.0706. The highest BCUT2D eigenvalue weighted by Gasteiger charge is 2.04. The summed E-state index contributed by atoms with van der Waals surface area (Å²) in [5.74, 6) is -0.491. The van der Waals surface area contributed by atoms with E-state index >= 15 is 0 Å². The van der Waals surface area contributed by atoms with Crippen LogP contribution in [0.4, 0.5) is 0 Å². The van der Waals surface area contributed by atoms with Crippen LogP contribution in [-0.2, 0) is 6.42 Å². The summed E-state index contributed by atoms with van der Waals surface area (Å²) in [4.78, 5) is 11.3. The molecule has 0 aliphatic carbocycles. The molecule has 1 amide bonds. The van der Waals surface area contributed by atoms with E-state index < -0.39 is 5.91 Å². The van der Waals surface area contributed by atoms with Gasteiger partial charge in [0.25, 0.3) is 5.91 Å². The molecule has 2 rings (SSSR count). The van der Waals surface area contributed by atoms with Gasteiger partial charge in [-0.2, -0.15) is 0 Å². The summed E-state index contributed by atoms with van der Waals surface area (Å²) in [6.45, 7) is 2.24. The highest BCUT2D eigenvalue weighted by molar-refractivity contribution is 5.93. The fourth-order valence-corrected chi connectivity index (χ4v) is 2.68. The van der Waals surface area contributed by atoms with E-state index in [1.54, 1.807) is 17.6 Å². The number of hydrogen-bond donors (Lipinski definition) is 2. The molecule has 0 bridgehead atoms. The first kappa shape index (κ1) is 17.2. The van der Waals surface area contributed by atoms with Gasteiger partial charge in [-0.25, -0.2) is 5.48 Å². The lowest BCUT2D eigenvalue weighted by Crippen LogP contribution is -2.18. The van der Waals surface area contributed by atoms with Crippen molar-refractivity contribution in [3.8, 4) is 11.1 Å². The van der Waals surface area contributed by atoms with Crippen LogP contribution < -0.4 is 5.48 Å². The van der Waals surface area contributed by atoms with Crippen molar-refractivity contribution in [2.75, 3.05) is 0 Å². The molecule has 3 nitrogen and oxygen atoms in total. The smallest absolute Gasteiger partial charge is 0.274 e. The number of aryl methyl sites for hydroxylation is 1. The van der Waals surface area contributed by atoms with Gasteiger partial charge in [-0.05, 0) is 41.7 Å². The molecule has 0 aromatic heterocycles. The zero-order valence-electron chi connectivity index (χ0n) is 13.7. The average molecular weight is 311 g/mol. The minimum atomic E-state index is -0.491. The van der Waals surface area contributed by atoms with E-state index in [0.29, 0.717) is 5.56 Å². The zero-order chi connectivity index (χ0) is 16.5. The Labute approximate surface area is 138 Å². The summed E-state index contributed by atoms with van der Waals surface area (Å²) >= 11 is 0. The minimum absolute atomic E-state index is 0.444. The molecule has 122 valence electrons. The quantitative estimate of drug-likeness (QED) is 0.410.